The van der Waals surface area contributed by atoms with Crippen molar-refractivity contribution in [2.45, 2.75) is 38.0 Å². The first-order chi connectivity index (χ1) is 8.43. The van der Waals surface area contributed by atoms with Crippen molar-refractivity contribution in [2.24, 2.45) is 0 Å². The van der Waals surface area contributed by atoms with Gasteiger partial charge in [0.2, 0.25) is 0 Å². The first-order valence-corrected chi connectivity index (χ1v) is 6.42. The first kappa shape index (κ1) is 10.6. The number of hydrogen-bond acceptors (Lipinski definition) is 2. The summed E-state index contributed by atoms with van der Waals surface area (Å²) < 4.78 is 5.00. The van der Waals surface area contributed by atoms with Gasteiger partial charge in [0, 0.05) is 5.56 Å². The maximum Gasteiger partial charge on any atom is 0.181 e. The molecule has 0 spiro atoms. The summed E-state index contributed by atoms with van der Waals surface area (Å²) in [5, 5.41) is 0. The molecule has 3 rings (SSSR count). The molecule has 0 saturated heterocycles. The molecule has 1 aliphatic carbocycles. The predicted molar refractivity (Wildman–Crippen MR) is 67.8 cm³/mol. The second-order valence-electron chi connectivity index (χ2n) is 4.83. The van der Waals surface area contributed by atoms with Gasteiger partial charge in [0.05, 0.1) is 0 Å². The average molecular weight is 227 g/mol. The zero-order valence-corrected chi connectivity index (χ0v) is 9.93. The number of benzene rings is 1. The summed E-state index contributed by atoms with van der Waals surface area (Å²) in [6, 6.07) is 8.81. The maximum atomic E-state index is 5.00. The molecule has 0 bridgehead atoms. The standard InChI is InChI=1S/C15H17NO/c1-2-4-12(5-3-1)13-6-8-14(9-7-13)15-10-17-11-16-15/h6-12H,1-5H2. The van der Waals surface area contributed by atoms with Gasteiger partial charge in [-0.15, -0.1) is 0 Å². The summed E-state index contributed by atoms with van der Waals surface area (Å²) >= 11 is 0. The smallest absolute Gasteiger partial charge is 0.181 e. The molecule has 2 aromatic rings. The number of rotatable bonds is 2. The minimum absolute atomic E-state index is 0.773. The van der Waals surface area contributed by atoms with Crippen LogP contribution >= 0.6 is 0 Å². The van der Waals surface area contributed by atoms with E-state index in [-0.39, 0.29) is 0 Å². The Labute approximate surface area is 102 Å². The number of nitrogens with zero attached hydrogens (tertiary/aromatic N) is 1. The van der Waals surface area contributed by atoms with E-state index in [1.54, 1.807) is 6.26 Å². The normalized spacial score (nSPS) is 17.2. The highest BCUT2D eigenvalue weighted by Crippen LogP contribution is 2.33. The molecule has 1 saturated carbocycles. The van der Waals surface area contributed by atoms with E-state index in [4.69, 9.17) is 4.42 Å². The van der Waals surface area contributed by atoms with E-state index in [1.165, 1.54) is 44.1 Å². The molecule has 0 unspecified atom stereocenters. The number of aromatic nitrogens is 1. The molecule has 0 aliphatic heterocycles. The topological polar surface area (TPSA) is 26.0 Å². The van der Waals surface area contributed by atoms with E-state index in [0.29, 0.717) is 0 Å². The van der Waals surface area contributed by atoms with Gasteiger partial charge < -0.3 is 4.42 Å². The van der Waals surface area contributed by atoms with Crippen molar-refractivity contribution in [1.29, 1.82) is 0 Å². The molecule has 1 aromatic carbocycles. The Balaban J connectivity index is 1.80. The molecule has 2 nitrogen and oxygen atoms in total. The minimum Gasteiger partial charge on any atom is -0.451 e. The fourth-order valence-electron chi connectivity index (χ4n) is 2.72. The Morgan fingerprint density at radius 3 is 2.41 bits per heavy atom. The Morgan fingerprint density at radius 2 is 1.76 bits per heavy atom. The SMILES string of the molecule is c1nc(-c2ccc(C3CCCCC3)cc2)co1. The second kappa shape index (κ2) is 4.74. The van der Waals surface area contributed by atoms with Crippen LogP contribution in [0.3, 0.4) is 0 Å². The third kappa shape index (κ3) is 2.26. The van der Waals surface area contributed by atoms with E-state index in [0.717, 1.165) is 17.2 Å². The molecule has 0 N–H and O–H groups in total. The molecule has 17 heavy (non-hydrogen) atoms. The average Bonchev–Trinajstić information content (AvgIpc) is 2.94. The van der Waals surface area contributed by atoms with Crippen molar-refractivity contribution in [3.8, 4) is 11.3 Å². The van der Waals surface area contributed by atoms with Crippen LogP contribution in [0.25, 0.3) is 11.3 Å². The molecule has 1 heterocycles. The largest absolute Gasteiger partial charge is 0.451 e. The summed E-state index contributed by atoms with van der Waals surface area (Å²) in [4.78, 5) is 4.16. The van der Waals surface area contributed by atoms with Crippen LogP contribution in [0.2, 0.25) is 0 Å². The van der Waals surface area contributed by atoms with Gasteiger partial charge in [0.1, 0.15) is 12.0 Å². The van der Waals surface area contributed by atoms with Crippen molar-refractivity contribution < 1.29 is 4.42 Å². The summed E-state index contributed by atoms with van der Waals surface area (Å²) in [6.07, 6.45) is 10.0. The lowest BCUT2D eigenvalue weighted by Gasteiger charge is -2.21. The Bertz CT molecular complexity index is 452. The molecular formula is C15H17NO. The van der Waals surface area contributed by atoms with Gasteiger partial charge in [-0.05, 0) is 24.3 Å². The van der Waals surface area contributed by atoms with Crippen LogP contribution in [0, 0.1) is 0 Å². The molecule has 0 amide bonds. The summed E-state index contributed by atoms with van der Waals surface area (Å²) in [7, 11) is 0. The quantitative estimate of drug-likeness (QED) is 0.760. The molecule has 2 heteroatoms. The Morgan fingerprint density at radius 1 is 1.00 bits per heavy atom. The molecule has 1 aliphatic rings. The van der Waals surface area contributed by atoms with E-state index < -0.39 is 0 Å². The molecule has 0 radical (unpaired) electrons. The maximum absolute atomic E-state index is 5.00. The zero-order valence-electron chi connectivity index (χ0n) is 9.93. The van der Waals surface area contributed by atoms with E-state index in [2.05, 4.69) is 29.2 Å². The van der Waals surface area contributed by atoms with Crippen molar-refractivity contribution in [2.75, 3.05) is 0 Å². The van der Waals surface area contributed by atoms with Gasteiger partial charge in [0.25, 0.3) is 0 Å². The lowest BCUT2D eigenvalue weighted by Crippen LogP contribution is -2.04. The summed E-state index contributed by atoms with van der Waals surface area (Å²) in [5.74, 6) is 0.773. The molecular weight excluding hydrogens is 210 g/mol. The van der Waals surface area contributed by atoms with Crippen LogP contribution in [0.1, 0.15) is 43.6 Å². The molecule has 0 atom stereocenters. The van der Waals surface area contributed by atoms with Gasteiger partial charge in [-0.2, -0.15) is 0 Å². The molecule has 88 valence electrons. The Kier molecular flexibility index (Phi) is 2.95. The lowest BCUT2D eigenvalue weighted by molar-refractivity contribution is 0.443. The highest BCUT2D eigenvalue weighted by molar-refractivity contribution is 5.58. The van der Waals surface area contributed by atoms with Crippen molar-refractivity contribution in [3.63, 3.8) is 0 Å². The summed E-state index contributed by atoms with van der Waals surface area (Å²) in [6.45, 7) is 0. The Hall–Kier alpha value is -1.57. The van der Waals surface area contributed by atoms with E-state index in [1.807, 2.05) is 0 Å². The summed E-state index contributed by atoms with van der Waals surface area (Å²) in [5.41, 5.74) is 3.54. The predicted octanol–water partition coefficient (Wildman–Crippen LogP) is 4.39. The van der Waals surface area contributed by atoms with Crippen molar-refractivity contribution in [1.82, 2.24) is 4.98 Å². The first-order valence-electron chi connectivity index (χ1n) is 6.42. The van der Waals surface area contributed by atoms with Crippen LogP contribution < -0.4 is 0 Å². The number of hydrogen-bond donors (Lipinski definition) is 0. The van der Waals surface area contributed by atoms with Crippen molar-refractivity contribution in [3.05, 3.63) is 42.5 Å². The monoisotopic (exact) mass is 227 g/mol. The van der Waals surface area contributed by atoms with Crippen LogP contribution in [-0.4, -0.2) is 4.98 Å². The zero-order chi connectivity index (χ0) is 11.5. The van der Waals surface area contributed by atoms with Gasteiger partial charge in [-0.1, -0.05) is 43.5 Å². The molecule has 1 fully saturated rings. The fraction of sp³-hybridized carbons (Fsp3) is 0.400. The minimum atomic E-state index is 0.773. The van der Waals surface area contributed by atoms with Crippen LogP contribution in [0.4, 0.5) is 0 Å². The van der Waals surface area contributed by atoms with Crippen LogP contribution in [-0.2, 0) is 0 Å². The lowest BCUT2D eigenvalue weighted by atomic mass is 9.84. The van der Waals surface area contributed by atoms with Gasteiger partial charge in [-0.25, -0.2) is 4.98 Å². The molecule has 1 aromatic heterocycles. The highest BCUT2D eigenvalue weighted by Gasteiger charge is 2.15. The van der Waals surface area contributed by atoms with Crippen LogP contribution in [0.15, 0.2) is 41.3 Å². The number of oxazole rings is 1. The van der Waals surface area contributed by atoms with Gasteiger partial charge >= 0.3 is 0 Å². The van der Waals surface area contributed by atoms with Crippen LogP contribution in [0.5, 0.6) is 0 Å². The second-order valence-corrected chi connectivity index (χ2v) is 4.83. The van der Waals surface area contributed by atoms with Gasteiger partial charge in [-0.3, -0.25) is 0 Å². The van der Waals surface area contributed by atoms with Gasteiger partial charge in [0.15, 0.2) is 6.39 Å². The third-order valence-corrected chi connectivity index (χ3v) is 3.72. The fourth-order valence-corrected chi connectivity index (χ4v) is 2.72. The van der Waals surface area contributed by atoms with Crippen molar-refractivity contribution >= 4 is 0 Å². The highest BCUT2D eigenvalue weighted by atomic mass is 16.3. The third-order valence-electron chi connectivity index (χ3n) is 3.72. The van der Waals surface area contributed by atoms with E-state index >= 15 is 0 Å². The van der Waals surface area contributed by atoms with E-state index in [9.17, 15) is 0 Å².